The van der Waals surface area contributed by atoms with Gasteiger partial charge in [-0.25, -0.2) is 24.5 Å². The number of anilines is 1. The second-order valence-electron chi connectivity index (χ2n) is 8.41. The summed E-state index contributed by atoms with van der Waals surface area (Å²) >= 11 is 0. The number of hydrogen-bond donors (Lipinski definition) is 4. The van der Waals surface area contributed by atoms with Gasteiger partial charge in [0.15, 0.2) is 17.7 Å². The summed E-state index contributed by atoms with van der Waals surface area (Å²) < 4.78 is 43.3. The molecule has 1 aromatic carbocycles. The Morgan fingerprint density at radius 3 is 2.78 bits per heavy atom. The number of esters is 1. The highest BCUT2D eigenvalue weighted by molar-refractivity contribution is 7.85. The van der Waals surface area contributed by atoms with Crippen molar-refractivity contribution in [1.29, 1.82) is 0 Å². The highest BCUT2D eigenvalue weighted by atomic mass is 32.2. The Hall–Kier alpha value is -3.70. The first-order valence-corrected chi connectivity index (χ1v) is 12.5. The molecular weight excluding hydrogens is 512 g/mol. The molecule has 0 spiro atoms. The maximum absolute atomic E-state index is 12.3. The van der Waals surface area contributed by atoms with Crippen molar-refractivity contribution in [3.8, 4) is 0 Å². The van der Waals surface area contributed by atoms with Gasteiger partial charge in [0.1, 0.15) is 36.3 Å². The highest BCUT2D eigenvalue weighted by Gasteiger charge is 2.45. The van der Waals surface area contributed by atoms with Gasteiger partial charge in [0.2, 0.25) is 5.91 Å². The van der Waals surface area contributed by atoms with Crippen molar-refractivity contribution < 1.29 is 41.9 Å². The Morgan fingerprint density at radius 1 is 1.19 bits per heavy atom. The average molecular weight is 535 g/mol. The molecule has 16 heteroatoms. The van der Waals surface area contributed by atoms with Gasteiger partial charge in [-0.15, -0.1) is 0 Å². The molecule has 1 fully saturated rings. The largest absolute Gasteiger partial charge is 0.454 e. The van der Waals surface area contributed by atoms with E-state index in [0.717, 1.165) is 0 Å². The minimum Gasteiger partial charge on any atom is -0.454 e. The number of imidazole rings is 1. The number of nitrogen functional groups attached to an aromatic ring is 1. The lowest BCUT2D eigenvalue weighted by molar-refractivity contribution is -0.120. The molecule has 4 heterocycles. The van der Waals surface area contributed by atoms with Crippen molar-refractivity contribution in [1.82, 2.24) is 24.2 Å². The third kappa shape index (κ3) is 4.84. The Labute approximate surface area is 209 Å². The van der Waals surface area contributed by atoms with Gasteiger partial charge in [-0.1, -0.05) is 18.2 Å². The van der Waals surface area contributed by atoms with Crippen LogP contribution in [0.5, 0.6) is 0 Å². The van der Waals surface area contributed by atoms with Crippen LogP contribution < -0.4 is 10.5 Å². The topological polar surface area (TPSA) is 218 Å². The van der Waals surface area contributed by atoms with Gasteiger partial charge >= 0.3 is 16.3 Å². The quantitative estimate of drug-likeness (QED) is 0.258. The van der Waals surface area contributed by atoms with Gasteiger partial charge in [-0.3, -0.25) is 13.5 Å². The fourth-order valence-corrected chi connectivity index (χ4v) is 4.98. The number of aromatic nitrogens is 4. The second-order valence-corrected chi connectivity index (χ2v) is 9.76. The normalized spacial score (nSPS) is 25.2. The van der Waals surface area contributed by atoms with Crippen LogP contribution in [-0.2, 0) is 28.8 Å². The minimum absolute atomic E-state index is 0.0648. The van der Waals surface area contributed by atoms with E-state index in [4.69, 9.17) is 19.4 Å². The first-order chi connectivity index (χ1) is 17.6. The lowest BCUT2D eigenvalue weighted by atomic mass is 10.0. The summed E-state index contributed by atoms with van der Waals surface area (Å²) in [4.78, 5) is 36.0. The molecular formula is C21H22N6O9S. The fourth-order valence-electron chi connectivity index (χ4n) is 4.23. The standard InChI is InChI=1S/C21H22N6O9S/c22-18-15-19(24-8-23-18)27(9-25-15)20-17(30)16(29)13(35-20)7-34-37(32,33)26-14(28)6-5-12-10-3-1-2-4-11(10)21(31)36-12/h1-4,8-9,12-13,16-17,20,29-30H,5-7H2,(H,26,28)(H2,22,23,24)/t12?,13-,16-,17-,20-/m1/s1. The maximum atomic E-state index is 12.3. The summed E-state index contributed by atoms with van der Waals surface area (Å²) in [5, 5.41) is 20.8. The fraction of sp³-hybridized carbons (Fsp3) is 0.381. The number of fused-ring (bicyclic) bond motifs is 2. The van der Waals surface area contributed by atoms with Crippen LogP contribution >= 0.6 is 0 Å². The summed E-state index contributed by atoms with van der Waals surface area (Å²) in [6.07, 6.45) is -3.82. The van der Waals surface area contributed by atoms with Crippen molar-refractivity contribution in [2.24, 2.45) is 0 Å². The molecule has 196 valence electrons. The van der Waals surface area contributed by atoms with E-state index < -0.39 is 59.4 Å². The number of amides is 1. The first kappa shape index (κ1) is 25.0. The number of hydrogen-bond acceptors (Lipinski definition) is 13. The number of nitrogens with zero attached hydrogens (tertiary/aromatic N) is 4. The molecule has 1 saturated heterocycles. The molecule has 37 heavy (non-hydrogen) atoms. The summed E-state index contributed by atoms with van der Waals surface area (Å²) in [6.45, 7) is -0.700. The average Bonchev–Trinajstić information content (AvgIpc) is 3.52. The zero-order valence-corrected chi connectivity index (χ0v) is 19.8. The van der Waals surface area contributed by atoms with Crippen LogP contribution in [-0.4, -0.2) is 74.9 Å². The zero-order chi connectivity index (χ0) is 26.3. The van der Waals surface area contributed by atoms with Crippen LogP contribution in [0.3, 0.4) is 0 Å². The maximum Gasteiger partial charge on any atom is 0.362 e. The molecule has 5 atom stereocenters. The number of nitrogens with one attached hydrogen (secondary N) is 1. The number of aliphatic hydroxyl groups is 2. The molecule has 15 nitrogen and oxygen atoms in total. The molecule has 2 aromatic heterocycles. The van der Waals surface area contributed by atoms with Crippen molar-refractivity contribution in [3.63, 3.8) is 0 Å². The number of nitrogens with two attached hydrogens (primary N) is 1. The number of ether oxygens (including phenoxy) is 2. The predicted octanol–water partition coefficient (Wildman–Crippen LogP) is -0.903. The van der Waals surface area contributed by atoms with Gasteiger partial charge in [-0.05, 0) is 12.5 Å². The van der Waals surface area contributed by atoms with Crippen LogP contribution in [0.1, 0.15) is 41.1 Å². The van der Waals surface area contributed by atoms with E-state index in [1.54, 1.807) is 29.0 Å². The molecule has 1 amide bonds. The van der Waals surface area contributed by atoms with E-state index >= 15 is 0 Å². The zero-order valence-electron chi connectivity index (χ0n) is 19.0. The van der Waals surface area contributed by atoms with E-state index in [-0.39, 0.29) is 29.8 Å². The van der Waals surface area contributed by atoms with Gasteiger partial charge in [0.25, 0.3) is 0 Å². The SMILES string of the molecule is Nc1ncnc2c1ncn2[C@@H]1O[C@H](COS(=O)(=O)NC(=O)CCC2OC(=O)c3ccccc32)[C@@H](O)[C@H]1O. The van der Waals surface area contributed by atoms with Crippen LogP contribution in [0, 0.1) is 0 Å². The van der Waals surface area contributed by atoms with Gasteiger partial charge in [-0.2, -0.15) is 8.42 Å². The lowest BCUT2D eigenvalue weighted by Gasteiger charge is -2.16. The Balaban J connectivity index is 1.16. The number of benzene rings is 1. The van der Waals surface area contributed by atoms with E-state index in [9.17, 15) is 28.2 Å². The first-order valence-electron chi connectivity index (χ1n) is 11.1. The number of carbonyl (C=O) groups excluding carboxylic acids is 2. The molecule has 3 aromatic rings. The number of cyclic esters (lactones) is 1. The van der Waals surface area contributed by atoms with Crippen LogP contribution in [0.15, 0.2) is 36.9 Å². The summed E-state index contributed by atoms with van der Waals surface area (Å²) in [6, 6.07) is 6.72. The second kappa shape index (κ2) is 9.64. The van der Waals surface area contributed by atoms with Crippen LogP contribution in [0.25, 0.3) is 11.2 Å². The summed E-state index contributed by atoms with van der Waals surface area (Å²) in [7, 11) is -4.57. The van der Waals surface area contributed by atoms with E-state index in [2.05, 4.69) is 15.0 Å². The number of aliphatic hydroxyl groups excluding tert-OH is 2. The lowest BCUT2D eigenvalue weighted by Crippen LogP contribution is -2.37. The molecule has 2 aliphatic heterocycles. The molecule has 1 unspecified atom stereocenters. The van der Waals surface area contributed by atoms with E-state index in [1.807, 2.05) is 0 Å². The van der Waals surface area contributed by atoms with Gasteiger partial charge < -0.3 is 25.4 Å². The van der Waals surface area contributed by atoms with Crippen molar-refractivity contribution in [3.05, 3.63) is 48.0 Å². The van der Waals surface area contributed by atoms with Gasteiger partial charge in [0, 0.05) is 12.0 Å². The molecule has 0 bridgehead atoms. The molecule has 5 rings (SSSR count). The molecule has 0 radical (unpaired) electrons. The summed E-state index contributed by atoms with van der Waals surface area (Å²) in [5.41, 5.74) is 7.28. The monoisotopic (exact) mass is 534 g/mol. The van der Waals surface area contributed by atoms with Crippen LogP contribution in [0.2, 0.25) is 0 Å². The Kier molecular flexibility index (Phi) is 6.50. The number of rotatable bonds is 8. The predicted molar refractivity (Wildman–Crippen MR) is 123 cm³/mol. The molecule has 0 saturated carbocycles. The number of carbonyl (C=O) groups is 2. The van der Waals surface area contributed by atoms with E-state index in [1.165, 1.54) is 17.2 Å². The molecule has 5 N–H and O–H groups in total. The highest BCUT2D eigenvalue weighted by Crippen LogP contribution is 2.34. The third-order valence-electron chi connectivity index (χ3n) is 6.04. The third-order valence-corrected chi connectivity index (χ3v) is 6.96. The van der Waals surface area contributed by atoms with Crippen molar-refractivity contribution in [2.75, 3.05) is 12.3 Å². The minimum atomic E-state index is -4.57. The van der Waals surface area contributed by atoms with Crippen molar-refractivity contribution >= 4 is 39.2 Å². The Bertz CT molecular complexity index is 1460. The Morgan fingerprint density at radius 2 is 1.97 bits per heavy atom. The van der Waals surface area contributed by atoms with Crippen molar-refractivity contribution in [2.45, 2.75) is 43.5 Å². The molecule has 2 aliphatic rings. The van der Waals surface area contributed by atoms with Gasteiger partial charge in [0.05, 0.1) is 18.5 Å². The van der Waals surface area contributed by atoms with Crippen LogP contribution in [0.4, 0.5) is 5.82 Å². The molecule has 0 aliphatic carbocycles. The smallest absolute Gasteiger partial charge is 0.362 e. The summed E-state index contributed by atoms with van der Waals surface area (Å²) in [5.74, 6) is -1.28. The van der Waals surface area contributed by atoms with E-state index in [0.29, 0.717) is 11.1 Å².